The maximum absolute atomic E-state index is 5.44. The highest BCUT2D eigenvalue weighted by atomic mass is 16.5. The first-order chi connectivity index (χ1) is 10.2. The van der Waals surface area contributed by atoms with Crippen LogP contribution in [0.4, 0.5) is 5.69 Å². The monoisotopic (exact) mass is 280 g/mol. The molecule has 0 saturated heterocycles. The number of ether oxygens (including phenoxy) is 1. The second kappa shape index (κ2) is 7.37. The third-order valence-electron chi connectivity index (χ3n) is 3.22. The van der Waals surface area contributed by atoms with Gasteiger partial charge in [0.2, 0.25) is 0 Å². The average Bonchev–Trinajstić information content (AvgIpc) is 2.54. The van der Waals surface area contributed by atoms with Crippen molar-refractivity contribution < 1.29 is 4.74 Å². The van der Waals surface area contributed by atoms with Crippen LogP contribution in [-0.4, -0.2) is 20.7 Å². The molecule has 0 bridgehead atoms. The summed E-state index contributed by atoms with van der Waals surface area (Å²) in [6, 6.07) is 16.2. The van der Waals surface area contributed by atoms with Crippen LogP contribution in [0.2, 0.25) is 0 Å². The molecular weight excluding hydrogens is 260 g/mol. The Morgan fingerprint density at radius 1 is 1.14 bits per heavy atom. The zero-order chi connectivity index (χ0) is 15.1. The molecule has 0 aliphatic rings. The van der Waals surface area contributed by atoms with Gasteiger partial charge in [0.25, 0.3) is 0 Å². The maximum Gasteiger partial charge on any atom is 0.123 e. The summed E-state index contributed by atoms with van der Waals surface area (Å²) in [7, 11) is 3.75. The number of para-hydroxylation sites is 1. The Morgan fingerprint density at radius 3 is 2.57 bits per heavy atom. The van der Waals surface area contributed by atoms with Crippen LogP contribution in [0.15, 0.2) is 48.5 Å². The van der Waals surface area contributed by atoms with Gasteiger partial charge in [-0.2, -0.15) is 0 Å². The molecule has 0 saturated carbocycles. The van der Waals surface area contributed by atoms with Gasteiger partial charge in [0.1, 0.15) is 5.75 Å². The summed E-state index contributed by atoms with van der Waals surface area (Å²) in [6.07, 6.45) is 0. The van der Waals surface area contributed by atoms with E-state index in [0.717, 1.165) is 29.1 Å². The molecule has 0 unspecified atom stereocenters. The van der Waals surface area contributed by atoms with Crippen molar-refractivity contribution in [2.75, 3.05) is 25.6 Å². The second-order valence-electron chi connectivity index (χ2n) is 4.72. The van der Waals surface area contributed by atoms with Crippen LogP contribution in [-0.2, 0) is 6.54 Å². The predicted octanol–water partition coefficient (Wildman–Crippen LogP) is 2.64. The lowest BCUT2D eigenvalue weighted by Crippen LogP contribution is -2.16. The van der Waals surface area contributed by atoms with Crippen molar-refractivity contribution in [1.29, 1.82) is 0 Å². The van der Waals surface area contributed by atoms with E-state index in [2.05, 4.69) is 42.0 Å². The minimum atomic E-state index is 0.366. The largest absolute Gasteiger partial charge is 0.496 e. The minimum absolute atomic E-state index is 0.366. The smallest absolute Gasteiger partial charge is 0.123 e. The fraction of sp³-hybridized carbons (Fsp3) is 0.222. The van der Waals surface area contributed by atoms with Gasteiger partial charge in [-0.1, -0.05) is 30.0 Å². The van der Waals surface area contributed by atoms with E-state index in [1.807, 2.05) is 30.3 Å². The van der Waals surface area contributed by atoms with Crippen LogP contribution >= 0.6 is 0 Å². The normalized spacial score (nSPS) is 9.67. The van der Waals surface area contributed by atoms with Crippen molar-refractivity contribution in [3.05, 3.63) is 59.7 Å². The van der Waals surface area contributed by atoms with E-state index in [1.54, 1.807) is 7.11 Å². The maximum atomic E-state index is 5.44. The van der Waals surface area contributed by atoms with Gasteiger partial charge in [-0.3, -0.25) is 0 Å². The highest BCUT2D eigenvalue weighted by Gasteiger charge is 2.07. The van der Waals surface area contributed by atoms with Gasteiger partial charge in [-0.25, -0.2) is 0 Å². The highest BCUT2D eigenvalue weighted by Crippen LogP contribution is 2.23. The summed E-state index contributed by atoms with van der Waals surface area (Å²) in [5.41, 5.74) is 8.65. The first kappa shape index (κ1) is 15.0. The molecule has 108 valence electrons. The third kappa shape index (κ3) is 4.01. The molecule has 0 atom stereocenters. The van der Waals surface area contributed by atoms with E-state index in [-0.39, 0.29) is 0 Å². The lowest BCUT2D eigenvalue weighted by molar-refractivity contribution is 0.409. The van der Waals surface area contributed by atoms with E-state index >= 15 is 0 Å². The summed E-state index contributed by atoms with van der Waals surface area (Å²) in [5.74, 6) is 6.81. The van der Waals surface area contributed by atoms with E-state index < -0.39 is 0 Å². The molecule has 0 radical (unpaired) electrons. The number of benzene rings is 2. The minimum Gasteiger partial charge on any atom is -0.496 e. The van der Waals surface area contributed by atoms with E-state index in [4.69, 9.17) is 10.5 Å². The summed E-state index contributed by atoms with van der Waals surface area (Å²) < 4.78 is 5.44. The van der Waals surface area contributed by atoms with Crippen LogP contribution in [0, 0.1) is 11.8 Å². The molecule has 0 heterocycles. The molecule has 3 nitrogen and oxygen atoms in total. The van der Waals surface area contributed by atoms with Crippen molar-refractivity contribution in [1.82, 2.24) is 0 Å². The number of nitrogens with zero attached hydrogens (tertiary/aromatic N) is 1. The highest BCUT2D eigenvalue weighted by molar-refractivity contribution is 5.49. The van der Waals surface area contributed by atoms with Crippen LogP contribution in [0.1, 0.15) is 11.1 Å². The molecule has 0 aliphatic carbocycles. The Kier molecular flexibility index (Phi) is 5.25. The van der Waals surface area contributed by atoms with Crippen LogP contribution in [0.5, 0.6) is 5.75 Å². The molecule has 2 N–H and O–H groups in total. The second-order valence-corrected chi connectivity index (χ2v) is 4.72. The van der Waals surface area contributed by atoms with Gasteiger partial charge in [-0.15, -0.1) is 0 Å². The molecule has 2 aromatic carbocycles. The zero-order valence-corrected chi connectivity index (χ0v) is 12.5. The topological polar surface area (TPSA) is 38.5 Å². The molecule has 0 amide bonds. The molecular formula is C18H20N2O. The van der Waals surface area contributed by atoms with Gasteiger partial charge in [0, 0.05) is 30.4 Å². The Hall–Kier alpha value is -2.44. The van der Waals surface area contributed by atoms with Crippen molar-refractivity contribution in [3.63, 3.8) is 0 Å². The molecule has 0 fully saturated rings. The Morgan fingerprint density at radius 2 is 1.90 bits per heavy atom. The zero-order valence-electron chi connectivity index (χ0n) is 12.5. The number of hydrogen-bond donors (Lipinski definition) is 1. The predicted molar refractivity (Wildman–Crippen MR) is 87.5 cm³/mol. The number of methoxy groups -OCH3 is 1. The van der Waals surface area contributed by atoms with Crippen molar-refractivity contribution in [2.45, 2.75) is 6.54 Å². The molecule has 0 spiro atoms. The Balaban J connectivity index is 2.25. The average molecular weight is 280 g/mol. The van der Waals surface area contributed by atoms with Crippen LogP contribution < -0.4 is 15.4 Å². The van der Waals surface area contributed by atoms with Crippen molar-refractivity contribution in [3.8, 4) is 17.6 Å². The summed E-state index contributed by atoms with van der Waals surface area (Å²) in [4.78, 5) is 2.18. The van der Waals surface area contributed by atoms with E-state index in [1.165, 1.54) is 0 Å². The summed E-state index contributed by atoms with van der Waals surface area (Å²) in [5, 5.41) is 0. The Labute approximate surface area is 126 Å². The number of nitrogens with two attached hydrogens (primary N) is 1. The first-order valence-corrected chi connectivity index (χ1v) is 6.86. The van der Waals surface area contributed by atoms with Gasteiger partial charge in [0.15, 0.2) is 0 Å². The molecule has 3 heteroatoms. The standard InChI is InChI=1S/C18H20N2O/c1-20(17-8-4-3-5-9-17)14-16-13-15(7-6-12-19)10-11-18(16)21-2/h3-5,8-11,13H,12,14,19H2,1-2H3. The number of anilines is 1. The van der Waals surface area contributed by atoms with E-state index in [9.17, 15) is 0 Å². The Bertz CT molecular complexity index is 641. The van der Waals surface area contributed by atoms with Crippen molar-refractivity contribution >= 4 is 5.69 Å². The molecule has 0 aromatic heterocycles. The SMILES string of the molecule is COc1ccc(C#CCN)cc1CN(C)c1ccccc1. The number of hydrogen-bond acceptors (Lipinski definition) is 3. The fourth-order valence-electron chi connectivity index (χ4n) is 2.16. The molecule has 0 aliphatic heterocycles. The van der Waals surface area contributed by atoms with Crippen LogP contribution in [0.25, 0.3) is 0 Å². The van der Waals surface area contributed by atoms with Gasteiger partial charge < -0.3 is 15.4 Å². The van der Waals surface area contributed by atoms with Gasteiger partial charge in [-0.05, 0) is 30.3 Å². The summed E-state index contributed by atoms with van der Waals surface area (Å²) >= 11 is 0. The molecule has 2 rings (SSSR count). The van der Waals surface area contributed by atoms with Gasteiger partial charge in [0.05, 0.1) is 13.7 Å². The first-order valence-electron chi connectivity index (χ1n) is 6.86. The van der Waals surface area contributed by atoms with Crippen molar-refractivity contribution in [2.24, 2.45) is 5.73 Å². The summed E-state index contributed by atoms with van der Waals surface area (Å²) in [6.45, 7) is 1.12. The third-order valence-corrected chi connectivity index (χ3v) is 3.22. The van der Waals surface area contributed by atoms with Crippen LogP contribution in [0.3, 0.4) is 0 Å². The fourth-order valence-corrected chi connectivity index (χ4v) is 2.16. The molecule has 2 aromatic rings. The van der Waals surface area contributed by atoms with Gasteiger partial charge >= 0.3 is 0 Å². The quantitative estimate of drug-likeness (QED) is 0.875. The van der Waals surface area contributed by atoms with E-state index in [0.29, 0.717) is 6.54 Å². The number of rotatable bonds is 4. The lowest BCUT2D eigenvalue weighted by atomic mass is 10.1. The molecule has 21 heavy (non-hydrogen) atoms. The lowest BCUT2D eigenvalue weighted by Gasteiger charge is -2.21.